The van der Waals surface area contributed by atoms with Crippen molar-refractivity contribution >= 4 is 33.6 Å². The maximum Gasteiger partial charge on any atom is 0.321 e. The Hall–Kier alpha value is -1.70. The first kappa shape index (κ1) is 15.7. The first-order chi connectivity index (χ1) is 9.73. The lowest BCUT2D eigenvalue weighted by atomic mass is 9.90. The summed E-state index contributed by atoms with van der Waals surface area (Å²) in [5.41, 5.74) is -1.17. The summed E-state index contributed by atoms with van der Waals surface area (Å²) in [5.74, 6) is -2.65. The van der Waals surface area contributed by atoms with Crippen LogP contribution in [0.25, 0.3) is 0 Å². The molecule has 0 aliphatic carbocycles. The molecule has 0 saturated carbocycles. The summed E-state index contributed by atoms with van der Waals surface area (Å²) in [6.07, 6.45) is 0.325. The standard InChI is InChI=1S/C13H13BrF2N2O3/c1-13(11(19)20)2-3-18(6-13)12(21)17-10-4-7(14)8(15)5-9(10)16/h4-5H,2-3,6H2,1H3,(H,17,21)(H,19,20). The van der Waals surface area contributed by atoms with Gasteiger partial charge >= 0.3 is 12.0 Å². The van der Waals surface area contributed by atoms with Crippen LogP contribution < -0.4 is 5.32 Å². The number of carbonyl (C=O) groups is 2. The Bertz CT molecular complexity index is 611. The van der Waals surface area contributed by atoms with Crippen molar-refractivity contribution in [3.63, 3.8) is 0 Å². The van der Waals surface area contributed by atoms with E-state index in [4.69, 9.17) is 5.11 Å². The molecule has 5 nitrogen and oxygen atoms in total. The van der Waals surface area contributed by atoms with E-state index < -0.39 is 29.0 Å². The van der Waals surface area contributed by atoms with E-state index in [-0.39, 0.29) is 23.2 Å². The number of urea groups is 1. The van der Waals surface area contributed by atoms with E-state index in [9.17, 15) is 18.4 Å². The number of rotatable bonds is 2. The molecule has 1 heterocycles. The molecule has 2 N–H and O–H groups in total. The predicted molar refractivity (Wildman–Crippen MR) is 75.0 cm³/mol. The summed E-state index contributed by atoms with van der Waals surface area (Å²) in [6.45, 7) is 1.86. The summed E-state index contributed by atoms with van der Waals surface area (Å²) in [5, 5.41) is 11.4. The van der Waals surface area contributed by atoms with Crippen molar-refractivity contribution in [3.05, 3.63) is 28.2 Å². The van der Waals surface area contributed by atoms with Gasteiger partial charge in [0.25, 0.3) is 0 Å². The zero-order valence-electron chi connectivity index (χ0n) is 11.1. The van der Waals surface area contributed by atoms with Crippen molar-refractivity contribution in [3.8, 4) is 0 Å². The number of carboxylic acids is 1. The average molecular weight is 363 g/mol. The fourth-order valence-corrected chi connectivity index (χ4v) is 2.46. The predicted octanol–water partition coefficient (Wildman–Crippen LogP) is 3.06. The zero-order chi connectivity index (χ0) is 15.8. The van der Waals surface area contributed by atoms with Crippen molar-refractivity contribution in [1.29, 1.82) is 0 Å². The van der Waals surface area contributed by atoms with E-state index in [1.54, 1.807) is 6.92 Å². The molecule has 1 fully saturated rings. The van der Waals surface area contributed by atoms with Crippen LogP contribution in [-0.4, -0.2) is 35.1 Å². The Morgan fingerprint density at radius 3 is 2.62 bits per heavy atom. The smallest absolute Gasteiger partial charge is 0.321 e. The number of halogens is 3. The van der Waals surface area contributed by atoms with Crippen LogP contribution in [-0.2, 0) is 4.79 Å². The lowest BCUT2D eigenvalue weighted by Crippen LogP contribution is -2.37. The molecule has 1 atom stereocenters. The summed E-state index contributed by atoms with van der Waals surface area (Å²) in [6, 6.07) is 1.16. The fraction of sp³-hybridized carbons (Fsp3) is 0.385. The van der Waals surface area contributed by atoms with Crippen LogP contribution in [0.1, 0.15) is 13.3 Å². The Balaban J connectivity index is 2.10. The maximum absolute atomic E-state index is 13.6. The highest BCUT2D eigenvalue weighted by Crippen LogP contribution is 2.31. The molecule has 2 rings (SSSR count). The third-order valence-corrected chi connectivity index (χ3v) is 4.14. The minimum atomic E-state index is -1.00. The second kappa shape index (κ2) is 5.59. The topological polar surface area (TPSA) is 69.6 Å². The molecule has 2 amide bonds. The normalized spacial score (nSPS) is 21.4. The Kier molecular flexibility index (Phi) is 4.18. The number of hydrogen-bond acceptors (Lipinski definition) is 2. The van der Waals surface area contributed by atoms with Gasteiger partial charge in [-0.2, -0.15) is 0 Å². The van der Waals surface area contributed by atoms with E-state index in [0.29, 0.717) is 12.5 Å². The number of hydrogen-bond donors (Lipinski definition) is 2. The zero-order valence-corrected chi connectivity index (χ0v) is 12.7. The van der Waals surface area contributed by atoms with Crippen LogP contribution in [0, 0.1) is 17.0 Å². The molecule has 1 unspecified atom stereocenters. The van der Waals surface area contributed by atoms with Crippen molar-refractivity contribution < 1.29 is 23.5 Å². The number of likely N-dealkylation sites (tertiary alicyclic amines) is 1. The summed E-state index contributed by atoms with van der Waals surface area (Å²) in [4.78, 5) is 24.4. The van der Waals surface area contributed by atoms with Gasteiger partial charge in [-0.25, -0.2) is 13.6 Å². The quantitative estimate of drug-likeness (QED) is 0.794. The van der Waals surface area contributed by atoms with Gasteiger partial charge in [0.1, 0.15) is 11.6 Å². The largest absolute Gasteiger partial charge is 0.481 e. The van der Waals surface area contributed by atoms with Gasteiger partial charge in [0.2, 0.25) is 0 Å². The first-order valence-electron chi connectivity index (χ1n) is 6.17. The minimum Gasteiger partial charge on any atom is -0.481 e. The Morgan fingerprint density at radius 2 is 2.05 bits per heavy atom. The fourth-order valence-electron chi connectivity index (χ4n) is 2.12. The molecule has 0 spiro atoms. The van der Waals surface area contributed by atoms with E-state index >= 15 is 0 Å². The van der Waals surface area contributed by atoms with Crippen molar-refractivity contribution in [2.75, 3.05) is 18.4 Å². The van der Waals surface area contributed by atoms with Crippen molar-refractivity contribution in [2.24, 2.45) is 5.41 Å². The van der Waals surface area contributed by atoms with Gasteiger partial charge in [-0.05, 0) is 35.3 Å². The van der Waals surface area contributed by atoms with Gasteiger partial charge in [-0.15, -0.1) is 0 Å². The van der Waals surface area contributed by atoms with E-state index in [2.05, 4.69) is 21.2 Å². The summed E-state index contributed by atoms with van der Waals surface area (Å²) in [7, 11) is 0. The first-order valence-corrected chi connectivity index (χ1v) is 6.96. The molecule has 21 heavy (non-hydrogen) atoms. The van der Waals surface area contributed by atoms with Crippen molar-refractivity contribution in [2.45, 2.75) is 13.3 Å². The maximum atomic E-state index is 13.6. The van der Waals surface area contributed by atoms with Crippen LogP contribution in [0.2, 0.25) is 0 Å². The highest BCUT2D eigenvalue weighted by atomic mass is 79.9. The SMILES string of the molecule is CC1(C(=O)O)CCN(C(=O)Nc2cc(Br)c(F)cc2F)C1. The number of amides is 2. The number of anilines is 1. The van der Waals surface area contributed by atoms with Gasteiger partial charge in [0, 0.05) is 19.2 Å². The summed E-state index contributed by atoms with van der Waals surface area (Å²) >= 11 is 2.91. The molecule has 8 heteroatoms. The van der Waals surface area contributed by atoms with Gasteiger partial charge in [-0.3, -0.25) is 4.79 Å². The van der Waals surface area contributed by atoms with Gasteiger partial charge in [0.15, 0.2) is 0 Å². The molecule has 1 aliphatic rings. The van der Waals surface area contributed by atoms with Crippen LogP contribution in [0.15, 0.2) is 16.6 Å². The average Bonchev–Trinajstić information content (AvgIpc) is 2.80. The highest BCUT2D eigenvalue weighted by Gasteiger charge is 2.42. The minimum absolute atomic E-state index is 0.0241. The lowest BCUT2D eigenvalue weighted by molar-refractivity contribution is -0.146. The number of aliphatic carboxylic acids is 1. The number of carboxylic acid groups (broad SMARTS) is 1. The molecule has 114 valence electrons. The molecular weight excluding hydrogens is 350 g/mol. The van der Waals surface area contributed by atoms with Crippen LogP contribution in [0.3, 0.4) is 0 Å². The Labute approximate surface area is 128 Å². The number of nitrogens with zero attached hydrogens (tertiary/aromatic N) is 1. The third-order valence-electron chi connectivity index (χ3n) is 3.53. The molecule has 0 bridgehead atoms. The van der Waals surface area contributed by atoms with E-state index in [0.717, 1.165) is 6.07 Å². The monoisotopic (exact) mass is 362 g/mol. The van der Waals surface area contributed by atoms with Gasteiger partial charge in [0.05, 0.1) is 15.6 Å². The third kappa shape index (κ3) is 3.15. The van der Waals surface area contributed by atoms with Crippen LogP contribution in [0.4, 0.5) is 19.3 Å². The molecule has 1 aromatic rings. The molecule has 0 radical (unpaired) electrons. The molecular formula is C13H13BrF2N2O3. The summed E-state index contributed by atoms with van der Waals surface area (Å²) < 4.78 is 26.7. The number of carbonyl (C=O) groups excluding carboxylic acids is 1. The Morgan fingerprint density at radius 1 is 1.38 bits per heavy atom. The van der Waals surface area contributed by atoms with Crippen LogP contribution >= 0.6 is 15.9 Å². The van der Waals surface area contributed by atoms with Crippen molar-refractivity contribution in [1.82, 2.24) is 4.90 Å². The second-order valence-corrected chi connectivity index (χ2v) is 6.07. The molecule has 0 aromatic heterocycles. The van der Waals surface area contributed by atoms with Crippen LogP contribution in [0.5, 0.6) is 0 Å². The van der Waals surface area contributed by atoms with E-state index in [1.807, 2.05) is 0 Å². The number of benzene rings is 1. The second-order valence-electron chi connectivity index (χ2n) is 5.21. The molecule has 1 saturated heterocycles. The number of nitrogens with one attached hydrogen (secondary N) is 1. The van der Waals surface area contributed by atoms with Gasteiger partial charge < -0.3 is 15.3 Å². The molecule has 1 aromatic carbocycles. The highest BCUT2D eigenvalue weighted by molar-refractivity contribution is 9.10. The van der Waals surface area contributed by atoms with E-state index in [1.165, 1.54) is 4.90 Å². The van der Waals surface area contributed by atoms with Gasteiger partial charge in [-0.1, -0.05) is 0 Å². The molecule has 1 aliphatic heterocycles. The lowest BCUT2D eigenvalue weighted by Gasteiger charge is -2.20.